The number of alkyl halides is 3. The molecule has 2 rings (SSSR count). The maximum absolute atomic E-state index is 12.9. The van der Waals surface area contributed by atoms with Gasteiger partial charge in [0.2, 0.25) is 0 Å². The Balaban J connectivity index is 2.45. The first-order valence-electron chi connectivity index (χ1n) is 6.32. The summed E-state index contributed by atoms with van der Waals surface area (Å²) in [7, 11) is 0. The highest BCUT2D eigenvalue weighted by Gasteiger charge is 2.43. The Hall–Kier alpha value is -1.36. The third kappa shape index (κ3) is 2.52. The molecule has 0 radical (unpaired) electrons. The lowest BCUT2D eigenvalue weighted by Crippen LogP contribution is -2.37. The highest BCUT2D eigenvalue weighted by molar-refractivity contribution is 6.02. The summed E-state index contributed by atoms with van der Waals surface area (Å²) < 4.78 is 38.8. The van der Waals surface area contributed by atoms with Crippen molar-refractivity contribution in [1.29, 1.82) is 0 Å². The number of rotatable bonds is 3. The van der Waals surface area contributed by atoms with Crippen LogP contribution in [0.1, 0.15) is 41.6 Å². The van der Waals surface area contributed by atoms with Gasteiger partial charge in [0.15, 0.2) is 5.78 Å². The van der Waals surface area contributed by atoms with E-state index in [9.17, 15) is 18.0 Å². The van der Waals surface area contributed by atoms with Gasteiger partial charge in [0.05, 0.1) is 5.56 Å². The van der Waals surface area contributed by atoms with Crippen molar-refractivity contribution in [2.24, 2.45) is 11.1 Å². The fourth-order valence-electron chi connectivity index (χ4n) is 2.79. The topological polar surface area (TPSA) is 43.1 Å². The second-order valence-corrected chi connectivity index (χ2v) is 5.06. The average Bonchev–Trinajstić information content (AvgIpc) is 2.87. The zero-order valence-corrected chi connectivity index (χ0v) is 10.5. The SMILES string of the molecule is NCC1(C(=O)c2ccccc2C(F)(F)F)CCCC1. The predicted octanol–water partition coefficient (Wildman–Crippen LogP) is 3.41. The maximum Gasteiger partial charge on any atom is 0.417 e. The van der Waals surface area contributed by atoms with Crippen molar-refractivity contribution in [3.8, 4) is 0 Å². The molecule has 0 saturated heterocycles. The lowest BCUT2D eigenvalue weighted by molar-refractivity contribution is -0.138. The Morgan fingerprint density at radius 2 is 1.79 bits per heavy atom. The fraction of sp³-hybridized carbons (Fsp3) is 0.500. The van der Waals surface area contributed by atoms with Crippen LogP contribution in [0.4, 0.5) is 13.2 Å². The summed E-state index contributed by atoms with van der Waals surface area (Å²) in [6.07, 6.45) is -1.67. The van der Waals surface area contributed by atoms with Gasteiger partial charge >= 0.3 is 6.18 Å². The molecule has 2 N–H and O–H groups in total. The van der Waals surface area contributed by atoms with E-state index >= 15 is 0 Å². The standard InChI is InChI=1S/C14H16F3NO/c15-14(16,17)11-6-2-1-5-10(11)12(19)13(9-18)7-3-4-8-13/h1-2,5-6H,3-4,7-9,18H2. The van der Waals surface area contributed by atoms with E-state index in [0.29, 0.717) is 12.8 Å². The number of Topliss-reactive ketones (excluding diaryl/α,β-unsaturated/α-hetero) is 1. The van der Waals surface area contributed by atoms with Crippen LogP contribution in [0.2, 0.25) is 0 Å². The van der Waals surface area contributed by atoms with Gasteiger partial charge in [-0.3, -0.25) is 4.79 Å². The van der Waals surface area contributed by atoms with Gasteiger partial charge < -0.3 is 5.73 Å². The van der Waals surface area contributed by atoms with Crippen LogP contribution in [0, 0.1) is 5.41 Å². The molecule has 1 aliphatic rings. The number of hydrogen-bond acceptors (Lipinski definition) is 2. The van der Waals surface area contributed by atoms with Crippen LogP contribution in [0.25, 0.3) is 0 Å². The van der Waals surface area contributed by atoms with E-state index in [1.807, 2.05) is 0 Å². The second-order valence-electron chi connectivity index (χ2n) is 5.06. The van der Waals surface area contributed by atoms with Gasteiger partial charge in [-0.15, -0.1) is 0 Å². The molecule has 0 bridgehead atoms. The molecule has 0 atom stereocenters. The molecular weight excluding hydrogens is 255 g/mol. The van der Waals surface area contributed by atoms with E-state index in [4.69, 9.17) is 5.73 Å². The van der Waals surface area contributed by atoms with Crippen molar-refractivity contribution < 1.29 is 18.0 Å². The van der Waals surface area contributed by atoms with Gasteiger partial charge in [-0.05, 0) is 18.9 Å². The van der Waals surface area contributed by atoms with E-state index < -0.39 is 22.9 Å². The Labute approximate surface area is 109 Å². The number of halogens is 3. The average molecular weight is 271 g/mol. The quantitative estimate of drug-likeness (QED) is 0.856. The van der Waals surface area contributed by atoms with Crippen molar-refractivity contribution in [2.45, 2.75) is 31.9 Å². The normalized spacial score (nSPS) is 18.5. The number of nitrogens with two attached hydrogens (primary N) is 1. The monoisotopic (exact) mass is 271 g/mol. The molecule has 2 nitrogen and oxygen atoms in total. The summed E-state index contributed by atoms with van der Waals surface area (Å²) in [6.45, 7) is 0.109. The van der Waals surface area contributed by atoms with E-state index in [0.717, 1.165) is 18.9 Å². The molecule has 1 saturated carbocycles. The lowest BCUT2D eigenvalue weighted by Gasteiger charge is -2.26. The largest absolute Gasteiger partial charge is 0.417 e. The number of benzene rings is 1. The van der Waals surface area contributed by atoms with Gasteiger partial charge in [0.1, 0.15) is 0 Å². The highest BCUT2D eigenvalue weighted by atomic mass is 19.4. The summed E-state index contributed by atoms with van der Waals surface area (Å²) in [6, 6.07) is 4.96. The summed E-state index contributed by atoms with van der Waals surface area (Å²) in [5.74, 6) is -0.458. The summed E-state index contributed by atoms with van der Waals surface area (Å²) in [4.78, 5) is 12.5. The molecule has 1 aliphatic carbocycles. The van der Waals surface area contributed by atoms with Gasteiger partial charge in [-0.1, -0.05) is 31.0 Å². The molecule has 1 fully saturated rings. The molecule has 0 spiro atoms. The molecule has 19 heavy (non-hydrogen) atoms. The fourth-order valence-corrected chi connectivity index (χ4v) is 2.79. The van der Waals surface area contributed by atoms with Crippen LogP contribution in [0.3, 0.4) is 0 Å². The first-order valence-corrected chi connectivity index (χ1v) is 6.32. The predicted molar refractivity (Wildman–Crippen MR) is 65.7 cm³/mol. The number of carbonyl (C=O) groups excluding carboxylic acids is 1. The smallest absolute Gasteiger partial charge is 0.329 e. The maximum atomic E-state index is 12.9. The van der Waals surface area contributed by atoms with E-state index in [2.05, 4.69) is 0 Å². The van der Waals surface area contributed by atoms with Crippen molar-refractivity contribution in [3.05, 3.63) is 35.4 Å². The van der Waals surface area contributed by atoms with Crippen molar-refractivity contribution in [2.75, 3.05) is 6.54 Å². The summed E-state index contributed by atoms with van der Waals surface area (Å²) >= 11 is 0. The molecule has 0 amide bonds. The Morgan fingerprint density at radius 3 is 2.32 bits per heavy atom. The molecule has 1 aromatic carbocycles. The molecule has 0 aromatic heterocycles. The zero-order chi connectivity index (χ0) is 14.1. The zero-order valence-electron chi connectivity index (χ0n) is 10.5. The molecule has 5 heteroatoms. The van der Waals surface area contributed by atoms with Gasteiger partial charge in [-0.2, -0.15) is 13.2 Å². The van der Waals surface area contributed by atoms with Gasteiger partial charge in [0, 0.05) is 17.5 Å². The summed E-state index contributed by atoms with van der Waals surface area (Å²) in [5, 5.41) is 0. The molecule has 0 unspecified atom stereocenters. The van der Waals surface area contributed by atoms with Crippen LogP contribution in [0.15, 0.2) is 24.3 Å². The third-order valence-corrected chi connectivity index (χ3v) is 3.91. The number of ketones is 1. The van der Waals surface area contributed by atoms with Gasteiger partial charge in [-0.25, -0.2) is 0 Å². The van der Waals surface area contributed by atoms with Crippen LogP contribution < -0.4 is 5.73 Å². The minimum atomic E-state index is -4.51. The van der Waals surface area contributed by atoms with Crippen molar-refractivity contribution in [1.82, 2.24) is 0 Å². The van der Waals surface area contributed by atoms with Gasteiger partial charge in [0.25, 0.3) is 0 Å². The first kappa shape index (κ1) is 14.1. The Bertz CT molecular complexity index is 476. The Morgan fingerprint density at radius 1 is 1.21 bits per heavy atom. The minimum absolute atomic E-state index is 0.109. The van der Waals surface area contributed by atoms with E-state index in [-0.39, 0.29) is 12.1 Å². The number of hydrogen-bond donors (Lipinski definition) is 1. The molecule has 1 aromatic rings. The number of carbonyl (C=O) groups is 1. The van der Waals surface area contributed by atoms with Crippen LogP contribution in [0.5, 0.6) is 0 Å². The molecular formula is C14H16F3NO. The van der Waals surface area contributed by atoms with Crippen LogP contribution >= 0.6 is 0 Å². The first-order chi connectivity index (χ1) is 8.91. The van der Waals surface area contributed by atoms with Crippen LogP contribution in [-0.4, -0.2) is 12.3 Å². The Kier molecular flexibility index (Phi) is 3.67. The van der Waals surface area contributed by atoms with Crippen molar-refractivity contribution >= 4 is 5.78 Å². The second kappa shape index (κ2) is 4.96. The van der Waals surface area contributed by atoms with E-state index in [1.54, 1.807) is 0 Å². The minimum Gasteiger partial charge on any atom is -0.329 e. The molecule has 0 aliphatic heterocycles. The highest BCUT2D eigenvalue weighted by Crippen LogP contribution is 2.42. The van der Waals surface area contributed by atoms with Crippen molar-refractivity contribution in [3.63, 3.8) is 0 Å². The van der Waals surface area contributed by atoms with Crippen LogP contribution in [-0.2, 0) is 6.18 Å². The van der Waals surface area contributed by atoms with E-state index in [1.165, 1.54) is 18.2 Å². The lowest BCUT2D eigenvalue weighted by atomic mass is 9.77. The molecule has 104 valence electrons. The third-order valence-electron chi connectivity index (χ3n) is 3.91. The molecule has 0 heterocycles. The summed E-state index contributed by atoms with van der Waals surface area (Å²) in [5.41, 5.74) is 3.75.